The standard InChI is InChI=1S/C17H19N5O3/c23-16(13-2-1-7-18-12-13)19-14-3-4-15(21-20-14)22-8-5-17(6-9-22)24-10-11-25-17/h1-4,7,12H,5-6,8-11H2,(H,19,20,23). The van der Waals surface area contributed by atoms with E-state index in [9.17, 15) is 4.79 Å². The van der Waals surface area contributed by atoms with Gasteiger partial charge in [-0.15, -0.1) is 10.2 Å². The molecule has 4 heterocycles. The monoisotopic (exact) mass is 341 g/mol. The summed E-state index contributed by atoms with van der Waals surface area (Å²) in [6.45, 7) is 2.95. The number of anilines is 2. The first-order valence-corrected chi connectivity index (χ1v) is 8.32. The van der Waals surface area contributed by atoms with Crippen LogP contribution in [0.4, 0.5) is 11.6 Å². The van der Waals surface area contributed by atoms with Crippen LogP contribution in [0.15, 0.2) is 36.7 Å². The third kappa shape index (κ3) is 3.45. The van der Waals surface area contributed by atoms with Crippen LogP contribution in [-0.4, -0.2) is 53.2 Å². The highest BCUT2D eigenvalue weighted by atomic mass is 16.7. The molecule has 0 aliphatic carbocycles. The average Bonchev–Trinajstić information content (AvgIpc) is 3.12. The minimum Gasteiger partial charge on any atom is -0.355 e. The fraction of sp³-hybridized carbons (Fsp3) is 0.412. The Morgan fingerprint density at radius 1 is 1.12 bits per heavy atom. The van der Waals surface area contributed by atoms with E-state index in [4.69, 9.17) is 9.47 Å². The molecule has 8 heteroatoms. The largest absolute Gasteiger partial charge is 0.355 e. The summed E-state index contributed by atoms with van der Waals surface area (Å²) in [6.07, 6.45) is 4.76. The maximum absolute atomic E-state index is 12.1. The molecule has 2 aliphatic rings. The lowest BCUT2D eigenvalue weighted by Gasteiger charge is -2.37. The number of carbonyl (C=O) groups is 1. The number of rotatable bonds is 3. The Morgan fingerprint density at radius 3 is 2.56 bits per heavy atom. The molecular formula is C17H19N5O3. The molecule has 2 fully saturated rings. The first-order chi connectivity index (χ1) is 12.2. The maximum atomic E-state index is 12.1. The third-order valence-corrected chi connectivity index (χ3v) is 4.48. The van der Waals surface area contributed by atoms with Gasteiger partial charge in [-0.25, -0.2) is 0 Å². The Hall–Kier alpha value is -2.58. The van der Waals surface area contributed by atoms with E-state index in [-0.39, 0.29) is 5.91 Å². The summed E-state index contributed by atoms with van der Waals surface area (Å²) in [4.78, 5) is 18.2. The van der Waals surface area contributed by atoms with Crippen LogP contribution in [-0.2, 0) is 9.47 Å². The van der Waals surface area contributed by atoms with Crippen LogP contribution in [0.2, 0.25) is 0 Å². The predicted octanol–water partition coefficient (Wildman–Crippen LogP) is 1.47. The van der Waals surface area contributed by atoms with Crippen LogP contribution in [0.1, 0.15) is 23.2 Å². The first-order valence-electron chi connectivity index (χ1n) is 8.32. The Morgan fingerprint density at radius 2 is 1.92 bits per heavy atom. The van der Waals surface area contributed by atoms with Crippen molar-refractivity contribution in [2.75, 3.05) is 36.5 Å². The van der Waals surface area contributed by atoms with E-state index in [1.807, 2.05) is 6.07 Å². The zero-order chi connectivity index (χ0) is 17.1. The number of nitrogens with zero attached hydrogens (tertiary/aromatic N) is 4. The van der Waals surface area contributed by atoms with Crippen molar-refractivity contribution in [2.45, 2.75) is 18.6 Å². The second kappa shape index (κ2) is 6.73. The van der Waals surface area contributed by atoms with Crippen molar-refractivity contribution in [2.24, 2.45) is 0 Å². The molecule has 2 aliphatic heterocycles. The Kier molecular flexibility index (Phi) is 4.29. The fourth-order valence-corrected chi connectivity index (χ4v) is 3.11. The highest BCUT2D eigenvalue weighted by Gasteiger charge is 2.40. The van der Waals surface area contributed by atoms with Crippen molar-refractivity contribution >= 4 is 17.5 Å². The Bertz CT molecular complexity index is 722. The highest BCUT2D eigenvalue weighted by molar-refractivity contribution is 6.03. The Labute approximate surface area is 145 Å². The van der Waals surface area contributed by atoms with Gasteiger partial charge < -0.3 is 19.7 Å². The second-order valence-electron chi connectivity index (χ2n) is 6.07. The van der Waals surface area contributed by atoms with Crippen LogP contribution in [0.3, 0.4) is 0 Å². The minimum absolute atomic E-state index is 0.259. The Balaban J connectivity index is 1.37. The van der Waals surface area contributed by atoms with Crippen molar-refractivity contribution in [3.63, 3.8) is 0 Å². The molecule has 0 bridgehead atoms. The summed E-state index contributed by atoms with van der Waals surface area (Å²) in [6, 6.07) is 7.02. The zero-order valence-electron chi connectivity index (χ0n) is 13.7. The third-order valence-electron chi connectivity index (χ3n) is 4.48. The lowest BCUT2D eigenvalue weighted by Crippen LogP contribution is -2.45. The highest BCUT2D eigenvalue weighted by Crippen LogP contribution is 2.32. The average molecular weight is 341 g/mol. The molecule has 2 saturated heterocycles. The van der Waals surface area contributed by atoms with Gasteiger partial charge in [0.05, 0.1) is 18.8 Å². The summed E-state index contributed by atoms with van der Waals surface area (Å²) in [5.41, 5.74) is 0.478. The summed E-state index contributed by atoms with van der Waals surface area (Å²) >= 11 is 0. The molecule has 25 heavy (non-hydrogen) atoms. The van der Waals surface area contributed by atoms with Gasteiger partial charge >= 0.3 is 0 Å². The molecule has 0 saturated carbocycles. The van der Waals surface area contributed by atoms with Gasteiger partial charge in [0.25, 0.3) is 5.91 Å². The van der Waals surface area contributed by atoms with Crippen molar-refractivity contribution < 1.29 is 14.3 Å². The van der Waals surface area contributed by atoms with Gasteiger partial charge in [-0.2, -0.15) is 0 Å². The number of pyridine rings is 1. The predicted molar refractivity (Wildman–Crippen MR) is 90.3 cm³/mol. The summed E-state index contributed by atoms with van der Waals surface area (Å²) in [5, 5.41) is 11.0. The lowest BCUT2D eigenvalue weighted by molar-refractivity contribution is -0.169. The van der Waals surface area contributed by atoms with E-state index in [2.05, 4.69) is 25.4 Å². The van der Waals surface area contributed by atoms with Gasteiger partial charge in [0, 0.05) is 38.3 Å². The van der Waals surface area contributed by atoms with E-state index >= 15 is 0 Å². The van der Waals surface area contributed by atoms with Gasteiger partial charge in [0.15, 0.2) is 17.4 Å². The molecule has 130 valence electrons. The number of nitrogens with one attached hydrogen (secondary N) is 1. The van der Waals surface area contributed by atoms with E-state index in [1.54, 1.807) is 24.4 Å². The van der Waals surface area contributed by atoms with Crippen molar-refractivity contribution in [1.82, 2.24) is 15.2 Å². The molecule has 1 spiro atoms. The molecule has 0 atom stereocenters. The molecule has 0 radical (unpaired) electrons. The van der Waals surface area contributed by atoms with Gasteiger partial charge in [0.2, 0.25) is 0 Å². The summed E-state index contributed by atoms with van der Waals surface area (Å²) in [5.74, 6) is 0.535. The van der Waals surface area contributed by atoms with Crippen LogP contribution in [0.5, 0.6) is 0 Å². The van der Waals surface area contributed by atoms with Crippen LogP contribution < -0.4 is 10.2 Å². The smallest absolute Gasteiger partial charge is 0.258 e. The second-order valence-corrected chi connectivity index (χ2v) is 6.07. The molecular weight excluding hydrogens is 322 g/mol. The molecule has 2 aromatic heterocycles. The fourth-order valence-electron chi connectivity index (χ4n) is 3.11. The summed E-state index contributed by atoms with van der Waals surface area (Å²) < 4.78 is 11.5. The van der Waals surface area contributed by atoms with Crippen LogP contribution in [0, 0.1) is 0 Å². The van der Waals surface area contributed by atoms with E-state index in [0.29, 0.717) is 24.6 Å². The number of piperidine rings is 1. The van der Waals surface area contributed by atoms with Crippen LogP contribution in [0.25, 0.3) is 0 Å². The maximum Gasteiger partial charge on any atom is 0.258 e. The van der Waals surface area contributed by atoms with Crippen LogP contribution >= 0.6 is 0 Å². The molecule has 0 aromatic carbocycles. The zero-order valence-corrected chi connectivity index (χ0v) is 13.7. The topological polar surface area (TPSA) is 89.5 Å². The van der Waals surface area contributed by atoms with Crippen molar-refractivity contribution in [3.8, 4) is 0 Å². The van der Waals surface area contributed by atoms with E-state index in [1.165, 1.54) is 6.20 Å². The van der Waals surface area contributed by atoms with E-state index in [0.717, 1.165) is 31.7 Å². The minimum atomic E-state index is -0.401. The number of hydrogen-bond donors (Lipinski definition) is 1. The number of aromatic nitrogens is 3. The SMILES string of the molecule is O=C(Nc1ccc(N2CCC3(CC2)OCCO3)nn1)c1cccnc1. The number of hydrogen-bond acceptors (Lipinski definition) is 7. The molecule has 1 N–H and O–H groups in total. The number of carbonyl (C=O) groups excluding carboxylic acids is 1. The van der Waals surface area contributed by atoms with Gasteiger partial charge in [-0.1, -0.05) is 0 Å². The van der Waals surface area contributed by atoms with Crippen molar-refractivity contribution in [3.05, 3.63) is 42.2 Å². The summed E-state index contributed by atoms with van der Waals surface area (Å²) in [7, 11) is 0. The normalized spacial score (nSPS) is 19.1. The first kappa shape index (κ1) is 15.9. The molecule has 8 nitrogen and oxygen atoms in total. The quantitative estimate of drug-likeness (QED) is 0.904. The molecule has 1 amide bonds. The van der Waals surface area contributed by atoms with Gasteiger partial charge in [-0.05, 0) is 24.3 Å². The number of amides is 1. The van der Waals surface area contributed by atoms with E-state index < -0.39 is 5.79 Å². The van der Waals surface area contributed by atoms with Crippen molar-refractivity contribution in [1.29, 1.82) is 0 Å². The van der Waals surface area contributed by atoms with Gasteiger partial charge in [0.1, 0.15) is 0 Å². The van der Waals surface area contributed by atoms with Gasteiger partial charge in [-0.3, -0.25) is 9.78 Å². The number of ether oxygens (including phenoxy) is 2. The molecule has 0 unspecified atom stereocenters. The lowest BCUT2D eigenvalue weighted by atomic mass is 10.0. The molecule has 4 rings (SSSR count). The molecule has 2 aromatic rings.